The molecular formula is C18H28ClFN5O7P. The molecule has 12 nitrogen and oxygen atoms in total. The van der Waals surface area contributed by atoms with Crippen LogP contribution in [0.4, 0.5) is 10.3 Å². The lowest BCUT2D eigenvalue weighted by Gasteiger charge is -2.37. The van der Waals surface area contributed by atoms with Crippen LogP contribution in [0.5, 0.6) is 0 Å². The van der Waals surface area contributed by atoms with Gasteiger partial charge in [0.2, 0.25) is 5.95 Å². The zero-order valence-corrected chi connectivity index (χ0v) is 19.9. The van der Waals surface area contributed by atoms with Crippen LogP contribution in [0.15, 0.2) is 6.33 Å². The fraction of sp³-hybridized carbons (Fsp3) is 0.722. The molecule has 3 heterocycles. The van der Waals surface area contributed by atoms with Gasteiger partial charge < -0.3 is 30.7 Å². The first-order chi connectivity index (χ1) is 15.3. The minimum Gasteiger partial charge on any atom is -0.388 e. The molecule has 186 valence electrons. The lowest BCUT2D eigenvalue weighted by atomic mass is 9.96. The van der Waals surface area contributed by atoms with Crippen LogP contribution in [0.1, 0.15) is 46.3 Å². The molecule has 0 aliphatic carbocycles. The van der Waals surface area contributed by atoms with E-state index in [4.69, 9.17) is 26.6 Å². The van der Waals surface area contributed by atoms with Gasteiger partial charge in [0.25, 0.3) is 0 Å². The molecule has 6 atom stereocenters. The maximum atomic E-state index is 14.0. The topological polar surface area (TPSA) is 186 Å². The van der Waals surface area contributed by atoms with Crippen molar-refractivity contribution in [2.45, 2.75) is 75.5 Å². The Morgan fingerprint density at radius 3 is 2.55 bits per heavy atom. The number of aliphatic hydroxyl groups excluding tert-OH is 2. The highest BCUT2D eigenvalue weighted by molar-refractivity contribution is 7.54. The van der Waals surface area contributed by atoms with Crippen molar-refractivity contribution in [3.05, 3.63) is 11.5 Å². The number of aromatic nitrogens is 4. The summed E-state index contributed by atoms with van der Waals surface area (Å²) in [6, 6.07) is 0. The van der Waals surface area contributed by atoms with E-state index in [1.165, 1.54) is 31.7 Å². The van der Waals surface area contributed by atoms with E-state index in [1.807, 2.05) is 0 Å². The number of anilines is 1. The van der Waals surface area contributed by atoms with Gasteiger partial charge in [0, 0.05) is 6.42 Å². The highest BCUT2D eigenvalue weighted by atomic mass is 35.5. The first-order valence-corrected chi connectivity index (χ1v) is 12.3. The van der Waals surface area contributed by atoms with Gasteiger partial charge in [-0.15, -0.1) is 0 Å². The summed E-state index contributed by atoms with van der Waals surface area (Å²) in [5.41, 5.74) is 4.06. The van der Waals surface area contributed by atoms with Crippen LogP contribution in [0.2, 0.25) is 5.15 Å². The van der Waals surface area contributed by atoms with E-state index in [0.717, 1.165) is 0 Å². The smallest absolute Gasteiger partial charge is 0.359 e. The summed E-state index contributed by atoms with van der Waals surface area (Å²) in [6.07, 6.45) is -4.72. The Bertz CT molecular complexity index is 1060. The van der Waals surface area contributed by atoms with Crippen molar-refractivity contribution >= 4 is 36.3 Å². The van der Waals surface area contributed by atoms with Gasteiger partial charge in [0.15, 0.2) is 22.4 Å². The number of nitrogens with zero attached hydrogens (tertiary/aromatic N) is 4. The Morgan fingerprint density at radius 2 is 1.97 bits per heavy atom. The van der Waals surface area contributed by atoms with Crippen molar-refractivity contribution in [2.24, 2.45) is 0 Å². The van der Waals surface area contributed by atoms with Crippen LogP contribution in [-0.2, 0) is 13.8 Å². The Balaban J connectivity index is 1.86. The maximum absolute atomic E-state index is 14.0. The highest BCUT2D eigenvalue weighted by Crippen LogP contribution is 2.60. The van der Waals surface area contributed by atoms with Crippen LogP contribution >= 0.6 is 19.2 Å². The van der Waals surface area contributed by atoms with Gasteiger partial charge in [0.1, 0.15) is 30.0 Å². The monoisotopic (exact) mass is 511 g/mol. The second kappa shape index (κ2) is 9.31. The molecule has 15 heteroatoms. The second-order valence-corrected chi connectivity index (χ2v) is 10.7. The number of rotatable bonds is 9. The summed E-state index contributed by atoms with van der Waals surface area (Å²) >= 11 is 6.02. The number of alkyl halides is 1. The molecule has 1 aliphatic heterocycles. The number of nitrogens with two attached hydrogens (primary N) is 1. The summed E-state index contributed by atoms with van der Waals surface area (Å²) < 4.78 is 39.1. The molecule has 2 aromatic rings. The van der Waals surface area contributed by atoms with Crippen LogP contribution < -0.4 is 5.73 Å². The molecule has 0 radical (unpaired) electrons. The molecule has 6 N–H and O–H groups in total. The third kappa shape index (κ3) is 4.73. The largest absolute Gasteiger partial charge is 0.388 e. The molecule has 0 amide bonds. The van der Waals surface area contributed by atoms with Crippen molar-refractivity contribution in [1.82, 2.24) is 19.5 Å². The molecule has 0 aromatic carbocycles. The van der Waals surface area contributed by atoms with Gasteiger partial charge in [-0.05, 0) is 19.8 Å². The second-order valence-electron chi connectivity index (χ2n) is 8.33. The number of hydrogen-bond donors (Lipinski definition) is 5. The van der Waals surface area contributed by atoms with Crippen LogP contribution in [0, 0.1) is 0 Å². The zero-order valence-electron chi connectivity index (χ0n) is 18.3. The fourth-order valence-corrected chi connectivity index (χ4v) is 5.70. The molecule has 0 bridgehead atoms. The lowest BCUT2D eigenvalue weighted by molar-refractivity contribution is -0.0740. The number of fused-ring (bicyclic) bond motifs is 1. The molecule has 1 saturated heterocycles. The number of imidazole rings is 1. The van der Waals surface area contributed by atoms with E-state index < -0.39 is 56.2 Å². The summed E-state index contributed by atoms with van der Waals surface area (Å²) in [7, 11) is -4.70. The molecule has 0 spiro atoms. The van der Waals surface area contributed by atoms with E-state index in [-0.39, 0.29) is 35.1 Å². The summed E-state index contributed by atoms with van der Waals surface area (Å²) in [5, 5.41) is 29.5. The Morgan fingerprint density at radius 1 is 1.33 bits per heavy atom. The van der Waals surface area contributed by atoms with Gasteiger partial charge >= 0.3 is 7.60 Å². The molecule has 1 fully saturated rings. The molecule has 0 saturated carbocycles. The van der Waals surface area contributed by atoms with Gasteiger partial charge in [-0.1, -0.05) is 25.4 Å². The number of ether oxygens (including phenoxy) is 1. The van der Waals surface area contributed by atoms with E-state index in [9.17, 15) is 29.2 Å². The normalized spacial score (nSPS) is 27.5. The molecule has 2 aromatic heterocycles. The Labute approximate surface area is 194 Å². The lowest BCUT2D eigenvalue weighted by Crippen LogP contribution is -2.42. The molecule has 3 rings (SSSR count). The first kappa shape index (κ1) is 26.2. The zero-order chi connectivity index (χ0) is 24.8. The maximum Gasteiger partial charge on any atom is 0.359 e. The predicted molar refractivity (Wildman–Crippen MR) is 116 cm³/mol. The van der Waals surface area contributed by atoms with Crippen molar-refractivity contribution in [2.75, 3.05) is 12.4 Å². The van der Waals surface area contributed by atoms with Crippen molar-refractivity contribution in [3.8, 4) is 0 Å². The SMILES string of the molecule is CCC(O)(CC)P(=O)(O)OC(C)(CF)C[C@H]1O[C@@H](n2cnc3c(Cl)nc(N)nc32)[C@H](O)[C@@H]1O. The third-order valence-electron chi connectivity index (χ3n) is 5.93. The number of halogens is 2. The van der Waals surface area contributed by atoms with Crippen LogP contribution in [-0.4, -0.2) is 75.7 Å². The number of hydrogen-bond acceptors (Lipinski definition) is 10. The van der Waals surface area contributed by atoms with Gasteiger partial charge in [-0.2, -0.15) is 9.97 Å². The minimum absolute atomic E-state index is 0.0164. The molecule has 33 heavy (non-hydrogen) atoms. The first-order valence-electron chi connectivity index (χ1n) is 10.3. The fourth-order valence-electron chi connectivity index (χ4n) is 3.79. The van der Waals surface area contributed by atoms with Crippen LogP contribution in [0.3, 0.4) is 0 Å². The average Bonchev–Trinajstić information content (AvgIpc) is 3.28. The molecule has 1 aliphatic rings. The highest BCUT2D eigenvalue weighted by Gasteiger charge is 2.52. The minimum atomic E-state index is -4.70. The van der Waals surface area contributed by atoms with E-state index >= 15 is 0 Å². The van der Waals surface area contributed by atoms with Gasteiger partial charge in [-0.25, -0.2) is 9.37 Å². The van der Waals surface area contributed by atoms with Gasteiger partial charge in [-0.3, -0.25) is 13.7 Å². The molecular weight excluding hydrogens is 484 g/mol. The Hall–Kier alpha value is -1.44. The number of nitrogen functional groups attached to an aromatic ring is 1. The molecule has 2 unspecified atom stereocenters. The number of aliphatic hydroxyl groups is 3. The average molecular weight is 512 g/mol. The summed E-state index contributed by atoms with van der Waals surface area (Å²) in [4.78, 5) is 22.3. The van der Waals surface area contributed by atoms with Crippen molar-refractivity contribution < 1.29 is 38.4 Å². The van der Waals surface area contributed by atoms with Gasteiger partial charge in [0.05, 0.1) is 12.4 Å². The third-order valence-corrected chi connectivity index (χ3v) is 8.56. The van der Waals surface area contributed by atoms with Crippen LogP contribution in [0.25, 0.3) is 11.2 Å². The van der Waals surface area contributed by atoms with Crippen molar-refractivity contribution in [1.29, 1.82) is 0 Å². The summed E-state index contributed by atoms with van der Waals surface area (Å²) in [6.45, 7) is 3.01. The predicted octanol–water partition coefficient (Wildman–Crippen LogP) is 1.51. The standard InChI is InChI=1S/C18H28ClFN5O7P/c1-4-18(28,5-2)33(29,30)32-17(3,7-20)6-9-11(26)12(27)15(31-9)25-8-22-10-13(19)23-16(21)24-14(10)25/h8-9,11-12,15,26-28H,4-7H2,1-3H3,(H,29,30)(H2,21,23,24)/t9-,11-,12-,15-,17?/m1/s1. The Kier molecular flexibility index (Phi) is 7.38. The van der Waals surface area contributed by atoms with E-state index in [2.05, 4.69) is 15.0 Å². The van der Waals surface area contributed by atoms with E-state index in [1.54, 1.807) is 0 Å². The quantitative estimate of drug-likeness (QED) is 0.242. The van der Waals surface area contributed by atoms with Crippen molar-refractivity contribution in [3.63, 3.8) is 0 Å². The van der Waals surface area contributed by atoms with E-state index in [0.29, 0.717) is 0 Å². The summed E-state index contributed by atoms with van der Waals surface area (Å²) in [5.74, 6) is -0.143.